The van der Waals surface area contributed by atoms with E-state index in [1.807, 2.05) is 0 Å². The average Bonchev–Trinajstić information content (AvgIpc) is 2.29. The zero-order chi connectivity index (χ0) is 11.1. The van der Waals surface area contributed by atoms with E-state index in [-0.39, 0.29) is 0 Å². The lowest BCUT2D eigenvalue weighted by atomic mass is 10.4. The third kappa shape index (κ3) is 3.59. The zero-order valence-corrected chi connectivity index (χ0v) is 8.99. The Morgan fingerprint density at radius 2 is 1.87 bits per heavy atom. The molecule has 1 heterocycles. The zero-order valence-electron chi connectivity index (χ0n) is 8.99. The summed E-state index contributed by atoms with van der Waals surface area (Å²) in [6, 6.07) is 1.62. The van der Waals surface area contributed by atoms with Gasteiger partial charge in [0.25, 0.3) is 0 Å². The van der Waals surface area contributed by atoms with E-state index in [0.29, 0.717) is 24.3 Å². The van der Waals surface area contributed by atoms with Gasteiger partial charge in [-0.1, -0.05) is 0 Å². The highest BCUT2D eigenvalue weighted by Gasteiger charge is 2.03. The Bertz CT molecular complexity index is 284. The molecule has 84 valence electrons. The molecule has 0 radical (unpaired) electrons. The third-order valence-electron chi connectivity index (χ3n) is 1.76. The van der Waals surface area contributed by atoms with Crippen molar-refractivity contribution < 1.29 is 9.47 Å². The molecule has 0 atom stereocenters. The quantitative estimate of drug-likeness (QED) is 0.658. The number of ether oxygens (including phenoxy) is 2. The maximum Gasteiger partial charge on any atom is 0.229 e. The first kappa shape index (κ1) is 11.5. The summed E-state index contributed by atoms with van der Waals surface area (Å²) in [5.74, 6) is 1.42. The van der Waals surface area contributed by atoms with E-state index in [1.165, 1.54) is 0 Å². The highest BCUT2D eigenvalue weighted by atomic mass is 16.5. The first-order valence-electron chi connectivity index (χ1n) is 4.71. The number of aromatic nitrogens is 2. The Balaban J connectivity index is 2.68. The monoisotopic (exact) mass is 212 g/mol. The fourth-order valence-corrected chi connectivity index (χ4v) is 0.994. The summed E-state index contributed by atoms with van der Waals surface area (Å²) in [7, 11) is 3.09. The van der Waals surface area contributed by atoms with Crippen LogP contribution in [0, 0.1) is 0 Å². The van der Waals surface area contributed by atoms with E-state index < -0.39 is 0 Å². The van der Waals surface area contributed by atoms with Crippen LogP contribution in [0.2, 0.25) is 0 Å². The molecule has 3 N–H and O–H groups in total. The second-order valence-corrected chi connectivity index (χ2v) is 2.85. The molecule has 6 heteroatoms. The van der Waals surface area contributed by atoms with Crippen LogP contribution in [0.4, 0.5) is 5.95 Å². The summed E-state index contributed by atoms with van der Waals surface area (Å²) >= 11 is 0. The van der Waals surface area contributed by atoms with Crippen molar-refractivity contribution in [3.05, 3.63) is 6.07 Å². The molecule has 0 spiro atoms. The highest BCUT2D eigenvalue weighted by molar-refractivity contribution is 5.33. The van der Waals surface area contributed by atoms with Crippen molar-refractivity contribution in [3.8, 4) is 11.8 Å². The van der Waals surface area contributed by atoms with Crippen LogP contribution in [-0.2, 0) is 0 Å². The Labute approximate surface area is 88.8 Å². The summed E-state index contributed by atoms with van der Waals surface area (Å²) in [4.78, 5) is 8.21. The molecule has 0 aliphatic heterocycles. The van der Waals surface area contributed by atoms with Gasteiger partial charge in [0.05, 0.1) is 20.3 Å². The number of methoxy groups -OCH3 is 2. The van der Waals surface area contributed by atoms with Crippen molar-refractivity contribution in [2.75, 3.05) is 32.6 Å². The summed E-state index contributed by atoms with van der Waals surface area (Å²) < 4.78 is 10.0. The lowest BCUT2D eigenvalue weighted by Gasteiger charge is -2.07. The van der Waals surface area contributed by atoms with E-state index in [2.05, 4.69) is 15.3 Å². The van der Waals surface area contributed by atoms with Crippen LogP contribution < -0.4 is 20.5 Å². The molecule has 1 aromatic rings. The molecule has 0 saturated heterocycles. The molecule has 0 bridgehead atoms. The van der Waals surface area contributed by atoms with Crippen LogP contribution in [0.1, 0.15) is 6.42 Å². The number of hydrogen-bond donors (Lipinski definition) is 2. The maximum atomic E-state index is 5.37. The van der Waals surface area contributed by atoms with Crippen LogP contribution in [-0.4, -0.2) is 37.3 Å². The van der Waals surface area contributed by atoms with Crippen molar-refractivity contribution in [1.82, 2.24) is 9.97 Å². The first-order chi connectivity index (χ1) is 7.30. The molecule has 0 aromatic carbocycles. The molecule has 0 fully saturated rings. The fraction of sp³-hybridized carbons (Fsp3) is 0.556. The molecular weight excluding hydrogens is 196 g/mol. The number of hydrogen-bond acceptors (Lipinski definition) is 6. The van der Waals surface area contributed by atoms with Crippen molar-refractivity contribution in [1.29, 1.82) is 0 Å². The molecule has 15 heavy (non-hydrogen) atoms. The number of nitrogens with zero attached hydrogens (tertiary/aromatic N) is 2. The molecular formula is C9H16N4O2. The van der Waals surface area contributed by atoms with Crippen LogP contribution in [0.25, 0.3) is 0 Å². The standard InChI is InChI=1S/C9H16N4O2/c1-14-7-6-8(15-2)13-9(12-7)11-5-3-4-10/h6H,3-5,10H2,1-2H3,(H,11,12,13). The van der Waals surface area contributed by atoms with Gasteiger partial charge < -0.3 is 20.5 Å². The number of nitrogens with two attached hydrogens (primary N) is 1. The second kappa shape index (κ2) is 6.02. The van der Waals surface area contributed by atoms with E-state index in [1.54, 1.807) is 20.3 Å². The molecule has 0 amide bonds. The molecule has 0 unspecified atom stereocenters. The van der Waals surface area contributed by atoms with Gasteiger partial charge in [-0.25, -0.2) is 0 Å². The summed E-state index contributed by atoms with van der Waals surface area (Å²) in [5, 5.41) is 3.03. The lowest BCUT2D eigenvalue weighted by molar-refractivity contribution is 0.373. The Morgan fingerprint density at radius 1 is 1.27 bits per heavy atom. The fourth-order valence-electron chi connectivity index (χ4n) is 0.994. The van der Waals surface area contributed by atoms with E-state index in [0.717, 1.165) is 13.0 Å². The minimum absolute atomic E-state index is 0.470. The molecule has 0 aliphatic rings. The van der Waals surface area contributed by atoms with Gasteiger partial charge in [0.2, 0.25) is 17.7 Å². The maximum absolute atomic E-state index is 5.37. The van der Waals surface area contributed by atoms with Crippen molar-refractivity contribution >= 4 is 5.95 Å². The summed E-state index contributed by atoms with van der Waals surface area (Å²) in [6.07, 6.45) is 0.864. The van der Waals surface area contributed by atoms with Crippen LogP contribution in [0.5, 0.6) is 11.8 Å². The van der Waals surface area contributed by atoms with Gasteiger partial charge in [-0.05, 0) is 13.0 Å². The summed E-state index contributed by atoms with van der Waals surface area (Å²) in [6.45, 7) is 1.36. The molecule has 0 saturated carbocycles. The predicted molar refractivity (Wildman–Crippen MR) is 57.3 cm³/mol. The van der Waals surface area contributed by atoms with Gasteiger partial charge in [0.1, 0.15) is 0 Å². The number of rotatable bonds is 6. The van der Waals surface area contributed by atoms with Crippen molar-refractivity contribution in [2.24, 2.45) is 5.73 Å². The predicted octanol–water partition coefficient (Wildman–Crippen LogP) is 0.254. The third-order valence-corrected chi connectivity index (χ3v) is 1.76. The van der Waals surface area contributed by atoms with Crippen molar-refractivity contribution in [3.63, 3.8) is 0 Å². The smallest absolute Gasteiger partial charge is 0.229 e. The molecule has 1 rings (SSSR count). The van der Waals surface area contributed by atoms with E-state index in [4.69, 9.17) is 15.2 Å². The first-order valence-corrected chi connectivity index (χ1v) is 4.71. The van der Waals surface area contributed by atoms with Gasteiger partial charge in [-0.3, -0.25) is 0 Å². The topological polar surface area (TPSA) is 82.3 Å². The normalized spacial score (nSPS) is 9.80. The van der Waals surface area contributed by atoms with Crippen LogP contribution in [0.3, 0.4) is 0 Å². The van der Waals surface area contributed by atoms with E-state index >= 15 is 0 Å². The largest absolute Gasteiger partial charge is 0.481 e. The summed E-state index contributed by atoms with van der Waals surface area (Å²) in [5.41, 5.74) is 5.37. The Morgan fingerprint density at radius 3 is 2.33 bits per heavy atom. The minimum atomic E-state index is 0.470. The lowest BCUT2D eigenvalue weighted by Crippen LogP contribution is -2.11. The van der Waals surface area contributed by atoms with Gasteiger partial charge in [0, 0.05) is 6.54 Å². The molecule has 0 aliphatic carbocycles. The van der Waals surface area contributed by atoms with Gasteiger partial charge in [-0.2, -0.15) is 9.97 Å². The Hall–Kier alpha value is -1.56. The average molecular weight is 212 g/mol. The van der Waals surface area contributed by atoms with Crippen LogP contribution in [0.15, 0.2) is 6.07 Å². The van der Waals surface area contributed by atoms with Gasteiger partial charge in [0.15, 0.2) is 0 Å². The number of nitrogens with one attached hydrogen (secondary N) is 1. The minimum Gasteiger partial charge on any atom is -0.481 e. The molecule has 1 aromatic heterocycles. The number of anilines is 1. The van der Waals surface area contributed by atoms with Crippen molar-refractivity contribution in [2.45, 2.75) is 6.42 Å². The Kier molecular flexibility index (Phi) is 4.62. The van der Waals surface area contributed by atoms with Gasteiger partial charge >= 0.3 is 0 Å². The molecule has 6 nitrogen and oxygen atoms in total. The van der Waals surface area contributed by atoms with Crippen LogP contribution >= 0.6 is 0 Å². The van der Waals surface area contributed by atoms with E-state index in [9.17, 15) is 0 Å². The second-order valence-electron chi connectivity index (χ2n) is 2.85. The van der Waals surface area contributed by atoms with Gasteiger partial charge in [-0.15, -0.1) is 0 Å². The highest BCUT2D eigenvalue weighted by Crippen LogP contribution is 2.16. The SMILES string of the molecule is COc1cc(OC)nc(NCCCN)n1.